The summed E-state index contributed by atoms with van der Waals surface area (Å²) in [7, 11) is 1.69. The van der Waals surface area contributed by atoms with E-state index in [2.05, 4.69) is 51.0 Å². The first kappa shape index (κ1) is 25.7. The van der Waals surface area contributed by atoms with Crippen molar-refractivity contribution in [2.75, 3.05) is 43.2 Å². The van der Waals surface area contributed by atoms with Crippen LogP contribution >= 0.6 is 0 Å². The largest absolute Gasteiger partial charge is 0.496 e. The lowest BCUT2D eigenvalue weighted by atomic mass is 10.1. The second-order valence-corrected chi connectivity index (χ2v) is 8.53. The molecule has 1 aliphatic rings. The number of methoxy groups -OCH3 is 1. The van der Waals surface area contributed by atoms with Crippen molar-refractivity contribution in [3.05, 3.63) is 35.0 Å². The van der Waals surface area contributed by atoms with Gasteiger partial charge >= 0.3 is 0 Å². The van der Waals surface area contributed by atoms with Crippen molar-refractivity contribution in [2.45, 2.75) is 65.1 Å². The van der Waals surface area contributed by atoms with Gasteiger partial charge < -0.3 is 36.6 Å². The van der Waals surface area contributed by atoms with Crippen LogP contribution in [0, 0.1) is 5.41 Å². The normalized spacial score (nSPS) is 14.1. The van der Waals surface area contributed by atoms with Gasteiger partial charge in [0.25, 0.3) is 0 Å². The van der Waals surface area contributed by atoms with Gasteiger partial charge in [-0.3, -0.25) is 0 Å². The number of nitrogen functional groups attached to an aromatic ring is 1. The second-order valence-electron chi connectivity index (χ2n) is 8.53. The van der Waals surface area contributed by atoms with Gasteiger partial charge in [0, 0.05) is 44.5 Å². The quantitative estimate of drug-likeness (QED) is 0.220. The number of unbranched alkanes of at least 4 members (excludes halogenated alkanes) is 1. The van der Waals surface area contributed by atoms with Crippen LogP contribution in [0.5, 0.6) is 5.75 Å². The Bertz CT molecular complexity index is 945. The van der Waals surface area contributed by atoms with E-state index in [9.17, 15) is 0 Å². The van der Waals surface area contributed by atoms with Crippen molar-refractivity contribution in [3.63, 3.8) is 0 Å². The van der Waals surface area contributed by atoms with Gasteiger partial charge in [0.2, 0.25) is 5.95 Å². The van der Waals surface area contributed by atoms with Crippen LogP contribution in [-0.2, 0) is 17.8 Å². The van der Waals surface area contributed by atoms with E-state index in [0.29, 0.717) is 41.9 Å². The van der Waals surface area contributed by atoms with Gasteiger partial charge in [0.05, 0.1) is 12.8 Å². The monoisotopic (exact) mass is 469 g/mol. The molecule has 186 valence electrons. The Morgan fingerprint density at radius 3 is 2.68 bits per heavy atom. The molecular formula is C25H39N7O2. The summed E-state index contributed by atoms with van der Waals surface area (Å²) in [6, 6.07) is 6.79. The number of aromatic nitrogens is 2. The molecule has 1 aromatic carbocycles. The smallest absolute Gasteiger partial charge is 0.222 e. The number of rotatable bonds is 13. The average molecular weight is 470 g/mol. The van der Waals surface area contributed by atoms with Crippen LogP contribution < -0.4 is 26.4 Å². The molecule has 2 heterocycles. The molecule has 0 aliphatic carbocycles. The molecule has 2 aromatic rings. The second kappa shape index (κ2) is 13.1. The predicted octanol–water partition coefficient (Wildman–Crippen LogP) is 3.94. The van der Waals surface area contributed by atoms with E-state index >= 15 is 0 Å². The lowest BCUT2D eigenvalue weighted by Gasteiger charge is -2.23. The zero-order chi connectivity index (χ0) is 24.3. The van der Waals surface area contributed by atoms with Gasteiger partial charge in [-0.2, -0.15) is 4.98 Å². The molecule has 1 saturated heterocycles. The molecule has 0 bridgehead atoms. The van der Waals surface area contributed by atoms with E-state index in [1.54, 1.807) is 7.11 Å². The molecule has 1 aromatic heterocycles. The van der Waals surface area contributed by atoms with Crippen LogP contribution in [0.25, 0.3) is 0 Å². The maximum absolute atomic E-state index is 8.39. The highest BCUT2D eigenvalue weighted by Crippen LogP contribution is 2.28. The molecule has 3 rings (SSSR count). The lowest BCUT2D eigenvalue weighted by Crippen LogP contribution is -2.34. The molecule has 0 radical (unpaired) electrons. The third-order valence-electron chi connectivity index (χ3n) is 6.01. The van der Waals surface area contributed by atoms with Gasteiger partial charge in [-0.15, -0.1) is 0 Å². The Morgan fingerprint density at radius 1 is 1.18 bits per heavy atom. The summed E-state index contributed by atoms with van der Waals surface area (Å²) in [5.74, 6) is 1.62. The summed E-state index contributed by atoms with van der Waals surface area (Å²) in [5, 5.41) is 18.8. The molecule has 34 heavy (non-hydrogen) atoms. The van der Waals surface area contributed by atoms with Crippen LogP contribution in [0.4, 0.5) is 17.5 Å². The summed E-state index contributed by atoms with van der Waals surface area (Å²) >= 11 is 0. The molecule has 0 amide bonds. The molecular weight excluding hydrogens is 430 g/mol. The minimum atomic E-state index is 0.164. The first-order chi connectivity index (χ1) is 16.5. The van der Waals surface area contributed by atoms with Crippen molar-refractivity contribution in [1.82, 2.24) is 15.3 Å². The van der Waals surface area contributed by atoms with Gasteiger partial charge in [-0.05, 0) is 37.3 Å². The molecule has 0 atom stereocenters. The number of ether oxygens (including phenoxy) is 2. The fourth-order valence-electron chi connectivity index (χ4n) is 3.94. The van der Waals surface area contributed by atoms with Crippen LogP contribution in [0.15, 0.2) is 18.2 Å². The first-order valence-electron chi connectivity index (χ1n) is 12.3. The fourth-order valence-corrected chi connectivity index (χ4v) is 3.94. The van der Waals surface area contributed by atoms with Crippen molar-refractivity contribution >= 4 is 23.2 Å². The van der Waals surface area contributed by atoms with Crippen molar-refractivity contribution < 1.29 is 9.47 Å². The predicted molar refractivity (Wildman–Crippen MR) is 138 cm³/mol. The van der Waals surface area contributed by atoms with Gasteiger partial charge in [-0.25, -0.2) is 4.98 Å². The van der Waals surface area contributed by atoms with Gasteiger partial charge in [0.1, 0.15) is 17.1 Å². The zero-order valence-electron chi connectivity index (χ0n) is 20.7. The van der Waals surface area contributed by atoms with Crippen LogP contribution in [0.3, 0.4) is 0 Å². The number of nitrogens with zero attached hydrogens (tertiary/aromatic N) is 2. The summed E-state index contributed by atoms with van der Waals surface area (Å²) < 4.78 is 11.1. The highest BCUT2D eigenvalue weighted by molar-refractivity contribution is 6.03. The highest BCUT2D eigenvalue weighted by atomic mass is 16.5. The molecule has 0 saturated carbocycles. The Labute approximate surface area is 202 Å². The van der Waals surface area contributed by atoms with Gasteiger partial charge in [0.15, 0.2) is 5.82 Å². The molecule has 9 heteroatoms. The maximum Gasteiger partial charge on any atom is 0.222 e. The number of nitrogens with one attached hydrogen (secondary N) is 4. The Morgan fingerprint density at radius 2 is 1.97 bits per heavy atom. The summed E-state index contributed by atoms with van der Waals surface area (Å²) in [5.41, 5.74) is 9.80. The lowest BCUT2D eigenvalue weighted by molar-refractivity contribution is 0.0776. The fraction of sp³-hybridized carbons (Fsp3) is 0.560. The molecule has 9 nitrogen and oxygen atoms in total. The van der Waals surface area contributed by atoms with E-state index in [4.69, 9.17) is 20.6 Å². The average Bonchev–Trinajstić information content (AvgIpc) is 2.87. The Hall–Kier alpha value is -2.91. The summed E-state index contributed by atoms with van der Waals surface area (Å²) in [6.45, 7) is 7.81. The topological polar surface area (TPSA) is 130 Å². The maximum atomic E-state index is 8.39. The zero-order valence-corrected chi connectivity index (χ0v) is 20.7. The van der Waals surface area contributed by atoms with Crippen LogP contribution in [0.2, 0.25) is 0 Å². The van der Waals surface area contributed by atoms with Crippen molar-refractivity contribution in [2.24, 2.45) is 0 Å². The molecule has 6 N–H and O–H groups in total. The minimum Gasteiger partial charge on any atom is -0.496 e. The number of hydrogen-bond donors (Lipinski definition) is 5. The summed E-state index contributed by atoms with van der Waals surface area (Å²) in [4.78, 5) is 8.77. The third kappa shape index (κ3) is 7.04. The van der Waals surface area contributed by atoms with E-state index in [1.807, 2.05) is 6.92 Å². The highest BCUT2D eigenvalue weighted by Gasteiger charge is 2.18. The molecule has 0 spiro atoms. The van der Waals surface area contributed by atoms with Crippen molar-refractivity contribution in [3.8, 4) is 5.75 Å². The molecule has 0 unspecified atom stereocenters. The van der Waals surface area contributed by atoms with Crippen molar-refractivity contribution in [1.29, 1.82) is 5.41 Å². The first-order valence-corrected chi connectivity index (χ1v) is 12.3. The van der Waals surface area contributed by atoms with Crippen LogP contribution in [0.1, 0.15) is 62.8 Å². The SMILES string of the molecule is CCCCNc1nc(N)nc(C(=N)CC)c1NCc1ccc(CNC2CCOCC2)cc1OC. The standard InChI is InChI=1S/C25H39N7O2/c1-4-6-11-28-24-23(22(20(26)5-2)31-25(27)32-24)30-16-18-8-7-17(14-21(18)33-3)15-29-19-9-12-34-13-10-19/h7-8,14,19,26,29-30H,4-6,9-13,15-16H2,1-3H3,(H3,27,28,31,32). The number of hydrogen-bond acceptors (Lipinski definition) is 9. The molecule has 1 fully saturated rings. The Balaban J connectivity index is 1.75. The molecule has 1 aliphatic heterocycles. The van der Waals surface area contributed by atoms with E-state index in [1.165, 1.54) is 5.56 Å². The summed E-state index contributed by atoms with van der Waals surface area (Å²) in [6.07, 6.45) is 4.73. The van der Waals surface area contributed by atoms with E-state index in [-0.39, 0.29) is 5.95 Å². The van der Waals surface area contributed by atoms with E-state index < -0.39 is 0 Å². The third-order valence-corrected chi connectivity index (χ3v) is 6.01. The number of nitrogens with two attached hydrogens (primary N) is 1. The minimum absolute atomic E-state index is 0.164. The Kier molecular flexibility index (Phi) is 9.90. The van der Waals surface area contributed by atoms with Gasteiger partial charge in [-0.1, -0.05) is 32.4 Å². The number of benzene rings is 1. The number of anilines is 3. The van der Waals surface area contributed by atoms with E-state index in [0.717, 1.165) is 63.3 Å². The van der Waals surface area contributed by atoms with Crippen LogP contribution in [-0.4, -0.2) is 48.6 Å².